The molecule has 1 aromatic carbocycles. The van der Waals surface area contributed by atoms with Crippen LogP contribution >= 0.6 is 12.4 Å². The van der Waals surface area contributed by atoms with Gasteiger partial charge in [-0.2, -0.15) is 13.2 Å². The summed E-state index contributed by atoms with van der Waals surface area (Å²) in [6.45, 7) is 5.35. The van der Waals surface area contributed by atoms with Crippen LogP contribution < -0.4 is 5.73 Å². The van der Waals surface area contributed by atoms with Gasteiger partial charge in [-0.15, -0.1) is 19.0 Å². The minimum Gasteiger partial charge on any atom is -0.324 e. The normalized spacial score (nSPS) is 12.8. The molecule has 2 N–H and O–H groups in total. The highest BCUT2D eigenvalue weighted by atomic mass is 35.5. The lowest BCUT2D eigenvalue weighted by molar-refractivity contribution is -0.137. The quantitative estimate of drug-likeness (QED) is 0.652. The predicted molar refractivity (Wildman–Crippen MR) is 65.0 cm³/mol. The van der Waals surface area contributed by atoms with Crippen LogP contribution in [0.15, 0.2) is 30.4 Å². The van der Waals surface area contributed by atoms with Crippen molar-refractivity contribution in [1.82, 2.24) is 0 Å². The average molecular weight is 284 g/mol. The fourth-order valence-corrected chi connectivity index (χ4v) is 1.49. The molecule has 1 nitrogen and oxygen atoms in total. The fourth-order valence-electron chi connectivity index (χ4n) is 1.49. The van der Waals surface area contributed by atoms with E-state index in [4.69, 9.17) is 5.73 Å². The summed E-state index contributed by atoms with van der Waals surface area (Å²) in [5.74, 6) is -0.937. The molecule has 0 aliphatic carbocycles. The van der Waals surface area contributed by atoms with Crippen LogP contribution in [0.3, 0.4) is 0 Å². The fraction of sp³-hybridized carbons (Fsp3) is 0.333. The largest absolute Gasteiger partial charge is 0.416 e. The van der Waals surface area contributed by atoms with E-state index in [1.165, 1.54) is 0 Å². The lowest BCUT2D eigenvalue weighted by Gasteiger charge is -2.14. The van der Waals surface area contributed by atoms with E-state index in [1.807, 2.05) is 0 Å². The molecule has 0 spiro atoms. The van der Waals surface area contributed by atoms with Crippen molar-refractivity contribution in [2.75, 3.05) is 0 Å². The second-order valence-electron chi connectivity index (χ2n) is 4.00. The third-order valence-corrected chi connectivity index (χ3v) is 2.30. The zero-order valence-corrected chi connectivity index (χ0v) is 10.5. The number of nitrogens with two attached hydrogens (primary N) is 1. The molecule has 0 saturated heterocycles. The molecule has 0 saturated carbocycles. The second-order valence-corrected chi connectivity index (χ2v) is 4.00. The van der Waals surface area contributed by atoms with Crippen molar-refractivity contribution >= 4 is 12.4 Å². The Hall–Kier alpha value is -1.07. The Labute approximate surface area is 109 Å². The highest BCUT2D eigenvalue weighted by Crippen LogP contribution is 2.31. The van der Waals surface area contributed by atoms with Crippen LogP contribution in [0.1, 0.15) is 30.5 Å². The Bertz CT molecular complexity index is 429. The van der Waals surface area contributed by atoms with Crippen LogP contribution in [0.2, 0.25) is 0 Å². The summed E-state index contributed by atoms with van der Waals surface area (Å²) >= 11 is 0. The van der Waals surface area contributed by atoms with Crippen molar-refractivity contribution in [2.24, 2.45) is 5.73 Å². The lowest BCUT2D eigenvalue weighted by Crippen LogP contribution is -2.14. The first-order chi connectivity index (χ1) is 7.71. The molecule has 1 atom stereocenters. The molecular weight excluding hydrogens is 270 g/mol. The number of benzene rings is 1. The number of hydrogen-bond acceptors (Lipinski definition) is 1. The number of halogens is 5. The topological polar surface area (TPSA) is 26.0 Å². The van der Waals surface area contributed by atoms with Gasteiger partial charge in [0.05, 0.1) is 5.56 Å². The van der Waals surface area contributed by atoms with Gasteiger partial charge in [0.1, 0.15) is 5.82 Å². The zero-order chi connectivity index (χ0) is 13.2. The monoisotopic (exact) mass is 283 g/mol. The SMILES string of the molecule is C=C(C)C[C@@H](N)c1ccc(C(F)(F)F)cc1F.Cl. The van der Waals surface area contributed by atoms with Crippen LogP contribution in [0.25, 0.3) is 0 Å². The van der Waals surface area contributed by atoms with Gasteiger partial charge in [0, 0.05) is 11.6 Å². The van der Waals surface area contributed by atoms with E-state index < -0.39 is 23.6 Å². The lowest BCUT2D eigenvalue weighted by atomic mass is 9.99. The Morgan fingerprint density at radius 1 is 1.39 bits per heavy atom. The maximum atomic E-state index is 13.5. The first-order valence-electron chi connectivity index (χ1n) is 4.98. The highest BCUT2D eigenvalue weighted by Gasteiger charge is 2.31. The van der Waals surface area contributed by atoms with Crippen LogP contribution in [-0.4, -0.2) is 0 Å². The molecule has 0 radical (unpaired) electrons. The van der Waals surface area contributed by atoms with Crippen LogP contribution in [-0.2, 0) is 6.18 Å². The Morgan fingerprint density at radius 2 is 1.94 bits per heavy atom. The summed E-state index contributed by atoms with van der Waals surface area (Å²) in [5, 5.41) is 0. The van der Waals surface area contributed by atoms with Gasteiger partial charge >= 0.3 is 6.18 Å². The summed E-state index contributed by atoms with van der Waals surface area (Å²) in [5.41, 5.74) is 5.48. The molecule has 0 aromatic heterocycles. The molecule has 0 bridgehead atoms. The summed E-state index contributed by atoms with van der Waals surface area (Å²) in [6.07, 6.45) is -4.21. The van der Waals surface area contributed by atoms with Crippen LogP contribution in [0.4, 0.5) is 17.6 Å². The first kappa shape index (κ1) is 16.9. The van der Waals surface area contributed by atoms with E-state index in [0.29, 0.717) is 12.5 Å². The van der Waals surface area contributed by atoms with E-state index in [0.717, 1.165) is 17.7 Å². The van der Waals surface area contributed by atoms with Gasteiger partial charge < -0.3 is 5.73 Å². The number of hydrogen-bond donors (Lipinski definition) is 1. The molecule has 0 fully saturated rings. The molecule has 1 aromatic rings. The van der Waals surface area contributed by atoms with Gasteiger partial charge in [-0.3, -0.25) is 0 Å². The number of rotatable bonds is 3. The minimum absolute atomic E-state index is 0. The van der Waals surface area contributed by atoms with Crippen molar-refractivity contribution in [1.29, 1.82) is 0 Å². The van der Waals surface area contributed by atoms with Gasteiger partial charge in [-0.05, 0) is 25.5 Å². The third-order valence-electron chi connectivity index (χ3n) is 2.30. The van der Waals surface area contributed by atoms with E-state index >= 15 is 0 Å². The third kappa shape index (κ3) is 4.31. The smallest absolute Gasteiger partial charge is 0.324 e. The van der Waals surface area contributed by atoms with Crippen molar-refractivity contribution in [3.8, 4) is 0 Å². The van der Waals surface area contributed by atoms with E-state index in [9.17, 15) is 17.6 Å². The van der Waals surface area contributed by atoms with Gasteiger partial charge in [0.2, 0.25) is 0 Å². The molecule has 1 rings (SSSR count). The standard InChI is InChI=1S/C12H13F4N.ClH/c1-7(2)5-11(17)9-4-3-8(6-10(9)13)12(14,15)16;/h3-4,6,11H,1,5,17H2,2H3;1H/t11-;/m1./s1. The molecule has 18 heavy (non-hydrogen) atoms. The maximum Gasteiger partial charge on any atom is 0.416 e. The summed E-state index contributed by atoms with van der Waals surface area (Å²) in [6, 6.07) is 1.70. The second kappa shape index (κ2) is 6.20. The van der Waals surface area contributed by atoms with E-state index in [-0.39, 0.29) is 18.0 Å². The Kier molecular flexibility index (Phi) is 5.83. The predicted octanol–water partition coefficient (Wildman–Crippen LogP) is 4.23. The zero-order valence-electron chi connectivity index (χ0n) is 9.72. The van der Waals surface area contributed by atoms with Gasteiger partial charge in [-0.25, -0.2) is 4.39 Å². The summed E-state index contributed by atoms with van der Waals surface area (Å²) in [7, 11) is 0. The molecule has 102 valence electrons. The summed E-state index contributed by atoms with van der Waals surface area (Å²) < 4.78 is 50.4. The van der Waals surface area contributed by atoms with Crippen LogP contribution in [0.5, 0.6) is 0 Å². The minimum atomic E-state index is -4.54. The average Bonchev–Trinajstić information content (AvgIpc) is 2.14. The van der Waals surface area contributed by atoms with Crippen molar-refractivity contribution in [3.05, 3.63) is 47.3 Å². The molecule has 0 amide bonds. The van der Waals surface area contributed by atoms with E-state index in [2.05, 4.69) is 6.58 Å². The molecule has 0 aliphatic heterocycles. The van der Waals surface area contributed by atoms with Gasteiger partial charge in [0.25, 0.3) is 0 Å². The number of alkyl halides is 3. The van der Waals surface area contributed by atoms with E-state index in [1.54, 1.807) is 6.92 Å². The molecule has 0 unspecified atom stereocenters. The van der Waals surface area contributed by atoms with Crippen molar-refractivity contribution < 1.29 is 17.6 Å². The van der Waals surface area contributed by atoms with Gasteiger partial charge in [0.15, 0.2) is 0 Å². The molecular formula is C12H14ClF4N. The summed E-state index contributed by atoms with van der Waals surface area (Å²) in [4.78, 5) is 0. The highest BCUT2D eigenvalue weighted by molar-refractivity contribution is 5.85. The Balaban J connectivity index is 0.00000289. The van der Waals surface area contributed by atoms with Crippen molar-refractivity contribution in [2.45, 2.75) is 25.6 Å². The molecule has 0 heterocycles. The van der Waals surface area contributed by atoms with Crippen molar-refractivity contribution in [3.63, 3.8) is 0 Å². The van der Waals surface area contributed by atoms with Gasteiger partial charge in [-0.1, -0.05) is 11.6 Å². The maximum absolute atomic E-state index is 13.5. The van der Waals surface area contributed by atoms with Crippen LogP contribution in [0, 0.1) is 5.82 Å². The first-order valence-corrected chi connectivity index (χ1v) is 4.98. The Morgan fingerprint density at radius 3 is 2.33 bits per heavy atom. The molecule has 0 aliphatic rings. The molecule has 6 heteroatoms.